The van der Waals surface area contributed by atoms with Crippen molar-refractivity contribution in [3.63, 3.8) is 0 Å². The van der Waals surface area contributed by atoms with E-state index in [9.17, 15) is 9.18 Å². The van der Waals surface area contributed by atoms with Crippen molar-refractivity contribution in [3.8, 4) is 21.9 Å². The lowest BCUT2D eigenvalue weighted by Crippen LogP contribution is -2.33. The van der Waals surface area contributed by atoms with Gasteiger partial charge in [-0.05, 0) is 55.7 Å². The van der Waals surface area contributed by atoms with Gasteiger partial charge in [-0.3, -0.25) is 4.79 Å². The third-order valence-corrected chi connectivity index (χ3v) is 5.83. The molecule has 2 aromatic carbocycles. The van der Waals surface area contributed by atoms with Gasteiger partial charge in [-0.2, -0.15) is 0 Å². The number of thiazole rings is 1. The van der Waals surface area contributed by atoms with Gasteiger partial charge in [-0.25, -0.2) is 9.37 Å². The minimum absolute atomic E-state index is 0.151. The van der Waals surface area contributed by atoms with Crippen molar-refractivity contribution in [2.24, 2.45) is 0 Å². The molecule has 1 heterocycles. The summed E-state index contributed by atoms with van der Waals surface area (Å²) in [5.41, 5.74) is 2.08. The van der Waals surface area contributed by atoms with Gasteiger partial charge in [0.1, 0.15) is 11.5 Å². The second-order valence-corrected chi connectivity index (χ2v) is 7.95. The van der Waals surface area contributed by atoms with Crippen LogP contribution in [-0.2, 0) is 6.42 Å². The van der Waals surface area contributed by atoms with Crippen LogP contribution in [0.1, 0.15) is 28.0 Å². The van der Waals surface area contributed by atoms with Crippen molar-refractivity contribution in [2.75, 3.05) is 27.3 Å². The smallest absolute Gasteiger partial charge is 0.273 e. The third-order valence-electron chi connectivity index (χ3n) is 4.81. The number of benzene rings is 2. The van der Waals surface area contributed by atoms with E-state index in [0.717, 1.165) is 10.6 Å². The first-order valence-corrected chi connectivity index (χ1v) is 10.5. The predicted octanol–water partition coefficient (Wildman–Crippen LogP) is 4.98. The minimum Gasteiger partial charge on any atom is -0.493 e. The molecule has 0 atom stereocenters. The number of rotatable bonds is 8. The second kappa shape index (κ2) is 9.71. The van der Waals surface area contributed by atoms with Gasteiger partial charge in [0.15, 0.2) is 11.5 Å². The Bertz CT molecular complexity index is 1040. The Labute approximate surface area is 180 Å². The van der Waals surface area contributed by atoms with Crippen molar-refractivity contribution in [1.29, 1.82) is 0 Å². The molecule has 7 heteroatoms. The SMILES string of the molecule is CCN(CCc1ccc(OC)c(OC)c1)C(=O)c1nc(C)sc1-c1cccc(F)c1. The van der Waals surface area contributed by atoms with Crippen LogP contribution in [0, 0.1) is 12.7 Å². The zero-order valence-corrected chi connectivity index (χ0v) is 18.4. The van der Waals surface area contributed by atoms with Crippen LogP contribution in [0.25, 0.3) is 10.4 Å². The van der Waals surface area contributed by atoms with Crippen LogP contribution in [0.15, 0.2) is 42.5 Å². The van der Waals surface area contributed by atoms with E-state index in [-0.39, 0.29) is 11.7 Å². The maximum absolute atomic E-state index is 13.7. The van der Waals surface area contributed by atoms with E-state index < -0.39 is 0 Å². The molecule has 0 saturated heterocycles. The first-order chi connectivity index (χ1) is 14.5. The summed E-state index contributed by atoms with van der Waals surface area (Å²) in [5, 5.41) is 0.772. The first kappa shape index (κ1) is 21.8. The Balaban J connectivity index is 1.80. The molecule has 0 aliphatic carbocycles. The molecular formula is C23H25FN2O3S. The van der Waals surface area contributed by atoms with E-state index in [1.54, 1.807) is 31.3 Å². The van der Waals surface area contributed by atoms with E-state index in [0.29, 0.717) is 47.1 Å². The lowest BCUT2D eigenvalue weighted by molar-refractivity contribution is 0.0761. The monoisotopic (exact) mass is 428 g/mol. The summed E-state index contributed by atoms with van der Waals surface area (Å²) in [7, 11) is 3.20. The van der Waals surface area contributed by atoms with Crippen LogP contribution in [0.5, 0.6) is 11.5 Å². The van der Waals surface area contributed by atoms with Gasteiger partial charge in [0.2, 0.25) is 0 Å². The predicted molar refractivity (Wildman–Crippen MR) is 117 cm³/mol. The Morgan fingerprint density at radius 2 is 1.90 bits per heavy atom. The number of hydrogen-bond acceptors (Lipinski definition) is 5. The number of carbonyl (C=O) groups excluding carboxylic acids is 1. The normalized spacial score (nSPS) is 10.7. The van der Waals surface area contributed by atoms with E-state index >= 15 is 0 Å². The average Bonchev–Trinajstić information content (AvgIpc) is 3.15. The summed E-state index contributed by atoms with van der Waals surface area (Å²) >= 11 is 1.40. The lowest BCUT2D eigenvalue weighted by atomic mass is 10.1. The van der Waals surface area contributed by atoms with Gasteiger partial charge >= 0.3 is 0 Å². The zero-order chi connectivity index (χ0) is 21.7. The first-order valence-electron chi connectivity index (χ1n) is 9.70. The van der Waals surface area contributed by atoms with Gasteiger partial charge < -0.3 is 14.4 Å². The van der Waals surface area contributed by atoms with Crippen LogP contribution < -0.4 is 9.47 Å². The zero-order valence-electron chi connectivity index (χ0n) is 17.6. The molecule has 5 nitrogen and oxygen atoms in total. The molecule has 0 unspecified atom stereocenters. The summed E-state index contributed by atoms with van der Waals surface area (Å²) in [4.78, 5) is 20.2. The van der Waals surface area contributed by atoms with Crippen LogP contribution in [0.4, 0.5) is 4.39 Å². The summed E-state index contributed by atoms with van der Waals surface area (Å²) in [6.07, 6.45) is 0.665. The van der Waals surface area contributed by atoms with Crippen molar-refractivity contribution < 1.29 is 18.7 Å². The molecule has 3 rings (SSSR count). The van der Waals surface area contributed by atoms with E-state index in [2.05, 4.69) is 4.98 Å². The number of halogens is 1. The van der Waals surface area contributed by atoms with Gasteiger partial charge in [0.05, 0.1) is 24.1 Å². The maximum atomic E-state index is 13.7. The van der Waals surface area contributed by atoms with Gasteiger partial charge in [-0.1, -0.05) is 18.2 Å². The van der Waals surface area contributed by atoms with Gasteiger partial charge in [0.25, 0.3) is 5.91 Å². The molecule has 0 fully saturated rings. The summed E-state index contributed by atoms with van der Waals surface area (Å²) in [6, 6.07) is 12.0. The molecule has 0 spiro atoms. The van der Waals surface area contributed by atoms with Crippen LogP contribution in [0.3, 0.4) is 0 Å². The third kappa shape index (κ3) is 4.79. The highest BCUT2D eigenvalue weighted by Gasteiger charge is 2.23. The molecule has 158 valence electrons. The fourth-order valence-electron chi connectivity index (χ4n) is 3.25. The summed E-state index contributed by atoms with van der Waals surface area (Å²) in [6.45, 7) is 4.87. The molecule has 1 aromatic heterocycles. The molecule has 0 aliphatic heterocycles. The highest BCUT2D eigenvalue weighted by atomic mass is 32.1. The summed E-state index contributed by atoms with van der Waals surface area (Å²) in [5.74, 6) is 0.842. The maximum Gasteiger partial charge on any atom is 0.273 e. The number of carbonyl (C=O) groups is 1. The number of methoxy groups -OCH3 is 2. The van der Waals surface area contributed by atoms with Gasteiger partial charge in [0, 0.05) is 13.1 Å². The molecule has 0 saturated carbocycles. The van der Waals surface area contributed by atoms with E-state index in [1.165, 1.54) is 23.5 Å². The topological polar surface area (TPSA) is 51.7 Å². The number of ether oxygens (including phenoxy) is 2. The van der Waals surface area contributed by atoms with E-state index in [1.807, 2.05) is 32.0 Å². The van der Waals surface area contributed by atoms with Crippen LogP contribution in [0.2, 0.25) is 0 Å². The second-order valence-electron chi connectivity index (χ2n) is 6.75. The van der Waals surface area contributed by atoms with E-state index in [4.69, 9.17) is 9.47 Å². The Hall–Kier alpha value is -2.93. The average molecular weight is 429 g/mol. The van der Waals surface area contributed by atoms with Crippen LogP contribution >= 0.6 is 11.3 Å². The van der Waals surface area contributed by atoms with Crippen molar-refractivity contribution in [1.82, 2.24) is 9.88 Å². The summed E-state index contributed by atoms with van der Waals surface area (Å²) < 4.78 is 24.3. The molecule has 0 N–H and O–H groups in total. The molecule has 1 amide bonds. The molecule has 0 bridgehead atoms. The lowest BCUT2D eigenvalue weighted by Gasteiger charge is -2.21. The molecule has 3 aromatic rings. The number of likely N-dealkylation sites (N-methyl/N-ethyl adjacent to an activating group) is 1. The molecular weight excluding hydrogens is 403 g/mol. The van der Waals surface area contributed by atoms with Crippen molar-refractivity contribution >= 4 is 17.2 Å². The highest BCUT2D eigenvalue weighted by Crippen LogP contribution is 2.32. The fourth-order valence-corrected chi connectivity index (χ4v) is 4.16. The fraction of sp³-hybridized carbons (Fsp3) is 0.304. The molecule has 30 heavy (non-hydrogen) atoms. The number of amides is 1. The van der Waals surface area contributed by atoms with Crippen LogP contribution in [-0.4, -0.2) is 43.1 Å². The minimum atomic E-state index is -0.335. The van der Waals surface area contributed by atoms with Gasteiger partial charge in [-0.15, -0.1) is 11.3 Å². The Kier molecular flexibility index (Phi) is 7.05. The number of hydrogen-bond donors (Lipinski definition) is 0. The molecule has 0 aliphatic rings. The quantitative estimate of drug-likeness (QED) is 0.508. The molecule has 0 radical (unpaired) electrons. The Morgan fingerprint density at radius 1 is 1.13 bits per heavy atom. The van der Waals surface area contributed by atoms with Crippen molar-refractivity contribution in [3.05, 3.63) is 64.5 Å². The highest BCUT2D eigenvalue weighted by molar-refractivity contribution is 7.15. The standard InChI is InChI=1S/C23H25FN2O3S/c1-5-26(12-11-16-9-10-19(28-3)20(13-16)29-4)23(27)21-22(30-15(2)25-21)17-7-6-8-18(24)14-17/h6-10,13-14H,5,11-12H2,1-4H3. The number of aromatic nitrogens is 1. The number of nitrogens with zero attached hydrogens (tertiary/aromatic N) is 2. The number of aryl methyl sites for hydroxylation is 1. The largest absolute Gasteiger partial charge is 0.493 e. The Morgan fingerprint density at radius 3 is 2.57 bits per heavy atom. The van der Waals surface area contributed by atoms with Crippen molar-refractivity contribution in [2.45, 2.75) is 20.3 Å².